The first kappa shape index (κ1) is 17.5. The van der Waals surface area contributed by atoms with E-state index in [0.29, 0.717) is 11.8 Å². The van der Waals surface area contributed by atoms with Crippen LogP contribution in [0, 0.1) is 11.8 Å². The topological polar surface area (TPSA) is 0 Å². The first-order valence-electron chi connectivity index (χ1n) is 10.7. The average molecular weight is 363 g/mol. The van der Waals surface area contributed by atoms with Gasteiger partial charge in [-0.25, -0.2) is 0 Å². The quantitative estimate of drug-likeness (QED) is 0.720. The molecule has 2 atom stereocenters. The summed E-state index contributed by atoms with van der Waals surface area (Å²) in [4.78, 5) is 0. The number of quaternary nitrogens is 2. The molecule has 2 aromatic carbocycles. The molecule has 0 N–H and O–H groups in total. The molecule has 1 heterocycles. The molecule has 142 valence electrons. The third-order valence-electron chi connectivity index (χ3n) is 7.57. The Balaban J connectivity index is 1.48. The smallest absolute Gasteiger partial charge is 0.0839 e. The van der Waals surface area contributed by atoms with Gasteiger partial charge in [-0.3, -0.25) is 0 Å². The molecule has 2 bridgehead atoms. The summed E-state index contributed by atoms with van der Waals surface area (Å²) in [6.45, 7) is 5.31. The molecule has 0 aromatic heterocycles. The molecule has 0 saturated carbocycles. The molecule has 2 aromatic rings. The van der Waals surface area contributed by atoms with E-state index in [1.54, 1.807) is 22.3 Å². The van der Waals surface area contributed by atoms with Gasteiger partial charge in [0.05, 0.1) is 54.4 Å². The van der Waals surface area contributed by atoms with Crippen LogP contribution in [0.5, 0.6) is 0 Å². The lowest BCUT2D eigenvalue weighted by atomic mass is 9.55. The number of nitrogens with zero attached hydrogens (tertiary/aromatic N) is 2. The van der Waals surface area contributed by atoms with Crippen molar-refractivity contribution in [1.82, 2.24) is 0 Å². The standard InChI is InChI=1S/C25H34N2/c1-26(2,3)14-9-15-27(4)16-22-23(17-27)25-19-11-6-5-10-18(19)24(22)20-12-7-8-13-21(20)25/h5-8,10-13,22-25H,9,14-17H2,1-4H3/q+2. The molecular formula is C25H34N2+2. The van der Waals surface area contributed by atoms with Crippen LogP contribution in [-0.2, 0) is 0 Å². The number of likely N-dealkylation sites (tertiary alicyclic amines) is 1. The third kappa shape index (κ3) is 2.77. The van der Waals surface area contributed by atoms with Crippen molar-refractivity contribution in [2.75, 3.05) is 54.4 Å². The highest BCUT2D eigenvalue weighted by Gasteiger charge is 2.57. The van der Waals surface area contributed by atoms with Crippen LogP contribution < -0.4 is 0 Å². The van der Waals surface area contributed by atoms with E-state index in [9.17, 15) is 0 Å². The zero-order valence-corrected chi connectivity index (χ0v) is 17.4. The molecule has 6 rings (SSSR count). The maximum atomic E-state index is 2.53. The van der Waals surface area contributed by atoms with Gasteiger partial charge in [-0.15, -0.1) is 0 Å². The van der Waals surface area contributed by atoms with Gasteiger partial charge >= 0.3 is 0 Å². The van der Waals surface area contributed by atoms with E-state index in [4.69, 9.17) is 0 Å². The first-order valence-corrected chi connectivity index (χ1v) is 10.7. The lowest BCUT2D eigenvalue weighted by Crippen LogP contribution is -2.45. The van der Waals surface area contributed by atoms with Crippen molar-refractivity contribution in [3.63, 3.8) is 0 Å². The van der Waals surface area contributed by atoms with Gasteiger partial charge in [0, 0.05) is 30.1 Å². The maximum Gasteiger partial charge on any atom is 0.0839 e. The van der Waals surface area contributed by atoms with Crippen LogP contribution >= 0.6 is 0 Å². The molecule has 0 amide bonds. The Morgan fingerprint density at radius 3 is 1.56 bits per heavy atom. The van der Waals surface area contributed by atoms with Crippen LogP contribution in [0.3, 0.4) is 0 Å². The maximum absolute atomic E-state index is 2.53. The Bertz CT molecular complexity index is 757. The van der Waals surface area contributed by atoms with Gasteiger partial charge in [0.2, 0.25) is 0 Å². The minimum atomic E-state index is 0.616. The first-order chi connectivity index (χ1) is 12.9. The SMILES string of the molecule is C[N+](C)(C)CCC[N+]1(C)CC2C3c4ccccc4C(c4ccccc43)C2C1. The number of benzene rings is 2. The minimum absolute atomic E-state index is 0.616. The molecule has 27 heavy (non-hydrogen) atoms. The molecule has 0 radical (unpaired) electrons. The second-order valence-electron chi connectivity index (χ2n) is 10.6. The minimum Gasteiger partial charge on any atom is -0.331 e. The van der Waals surface area contributed by atoms with Crippen molar-refractivity contribution in [2.45, 2.75) is 18.3 Å². The van der Waals surface area contributed by atoms with Gasteiger partial charge in [0.25, 0.3) is 0 Å². The summed E-state index contributed by atoms with van der Waals surface area (Å²) >= 11 is 0. The largest absolute Gasteiger partial charge is 0.331 e. The van der Waals surface area contributed by atoms with E-state index in [2.05, 4.69) is 76.7 Å². The molecule has 2 unspecified atom stereocenters. The molecule has 1 saturated heterocycles. The second-order valence-corrected chi connectivity index (χ2v) is 10.6. The molecular weight excluding hydrogens is 328 g/mol. The van der Waals surface area contributed by atoms with Crippen molar-refractivity contribution in [3.05, 3.63) is 70.8 Å². The van der Waals surface area contributed by atoms with Crippen molar-refractivity contribution in [3.8, 4) is 0 Å². The molecule has 0 spiro atoms. The highest BCUT2D eigenvalue weighted by molar-refractivity contribution is 5.56. The zero-order chi connectivity index (χ0) is 18.8. The number of hydrogen-bond donors (Lipinski definition) is 0. The van der Waals surface area contributed by atoms with Crippen LogP contribution in [-0.4, -0.2) is 63.3 Å². The molecule has 1 fully saturated rings. The summed E-state index contributed by atoms with van der Waals surface area (Å²) in [5.41, 5.74) is 6.51. The highest BCUT2D eigenvalue weighted by Crippen LogP contribution is 2.61. The Morgan fingerprint density at radius 1 is 0.778 bits per heavy atom. The van der Waals surface area contributed by atoms with E-state index in [0.717, 1.165) is 16.3 Å². The van der Waals surface area contributed by atoms with Crippen LogP contribution in [0.25, 0.3) is 0 Å². The van der Waals surface area contributed by atoms with E-state index >= 15 is 0 Å². The molecule has 4 aliphatic rings. The summed E-state index contributed by atoms with van der Waals surface area (Å²) in [5, 5.41) is 0. The summed E-state index contributed by atoms with van der Waals surface area (Å²) in [6, 6.07) is 18.7. The van der Waals surface area contributed by atoms with Gasteiger partial charge < -0.3 is 8.97 Å². The molecule has 2 heteroatoms. The Kier molecular flexibility index (Phi) is 3.83. The van der Waals surface area contributed by atoms with Crippen molar-refractivity contribution in [2.24, 2.45) is 11.8 Å². The summed E-state index contributed by atoms with van der Waals surface area (Å²) in [6.07, 6.45) is 1.33. The van der Waals surface area contributed by atoms with Crippen LogP contribution in [0.2, 0.25) is 0 Å². The van der Waals surface area contributed by atoms with Gasteiger partial charge in [0.1, 0.15) is 0 Å². The zero-order valence-electron chi connectivity index (χ0n) is 17.4. The van der Waals surface area contributed by atoms with E-state index in [1.165, 1.54) is 37.1 Å². The van der Waals surface area contributed by atoms with Crippen LogP contribution in [0.4, 0.5) is 0 Å². The average Bonchev–Trinajstić information content (AvgIpc) is 2.97. The lowest BCUT2D eigenvalue weighted by Gasteiger charge is -2.46. The fourth-order valence-corrected chi connectivity index (χ4v) is 6.59. The van der Waals surface area contributed by atoms with E-state index in [-0.39, 0.29) is 0 Å². The summed E-state index contributed by atoms with van der Waals surface area (Å²) in [5.74, 6) is 2.86. The van der Waals surface area contributed by atoms with Gasteiger partial charge in [-0.05, 0) is 22.3 Å². The Hall–Kier alpha value is -1.64. The molecule has 2 nitrogen and oxygen atoms in total. The summed E-state index contributed by atoms with van der Waals surface area (Å²) < 4.78 is 2.35. The van der Waals surface area contributed by atoms with Crippen molar-refractivity contribution in [1.29, 1.82) is 0 Å². The fourth-order valence-electron chi connectivity index (χ4n) is 6.59. The number of rotatable bonds is 4. The van der Waals surface area contributed by atoms with Crippen LogP contribution in [0.1, 0.15) is 40.5 Å². The van der Waals surface area contributed by atoms with E-state index < -0.39 is 0 Å². The third-order valence-corrected chi connectivity index (χ3v) is 7.57. The summed E-state index contributed by atoms with van der Waals surface area (Å²) in [7, 11) is 9.48. The van der Waals surface area contributed by atoms with Crippen LogP contribution in [0.15, 0.2) is 48.5 Å². The van der Waals surface area contributed by atoms with Gasteiger partial charge in [0.15, 0.2) is 0 Å². The lowest BCUT2D eigenvalue weighted by molar-refractivity contribution is -0.909. The number of hydrogen-bond acceptors (Lipinski definition) is 0. The Morgan fingerprint density at radius 2 is 1.19 bits per heavy atom. The predicted octanol–water partition coefficient (Wildman–Crippen LogP) is 4.07. The second kappa shape index (κ2) is 5.93. The van der Waals surface area contributed by atoms with Gasteiger partial charge in [-0.2, -0.15) is 0 Å². The monoisotopic (exact) mass is 362 g/mol. The Labute approximate surface area is 164 Å². The molecule has 3 aliphatic carbocycles. The predicted molar refractivity (Wildman–Crippen MR) is 112 cm³/mol. The van der Waals surface area contributed by atoms with Gasteiger partial charge in [-0.1, -0.05) is 48.5 Å². The highest BCUT2D eigenvalue weighted by atomic mass is 15.4. The van der Waals surface area contributed by atoms with Crippen molar-refractivity contribution >= 4 is 0 Å². The van der Waals surface area contributed by atoms with Crippen molar-refractivity contribution < 1.29 is 8.97 Å². The molecule has 1 aliphatic heterocycles. The van der Waals surface area contributed by atoms with E-state index in [1.807, 2.05) is 0 Å². The fraction of sp³-hybridized carbons (Fsp3) is 0.520. The normalized spacial score (nSPS) is 33.5.